The highest BCUT2D eigenvalue weighted by molar-refractivity contribution is 7.16. The first kappa shape index (κ1) is 13.0. The Balaban J connectivity index is 1.85. The molecule has 5 nitrogen and oxygen atoms in total. The molecule has 6 heteroatoms. The second-order valence-electron chi connectivity index (χ2n) is 5.84. The summed E-state index contributed by atoms with van der Waals surface area (Å²) in [7, 11) is 0. The van der Waals surface area contributed by atoms with Gasteiger partial charge in [0.1, 0.15) is 5.01 Å². The number of rotatable bonds is 4. The van der Waals surface area contributed by atoms with E-state index in [0.29, 0.717) is 11.8 Å². The van der Waals surface area contributed by atoms with Crippen LogP contribution in [0.25, 0.3) is 4.96 Å². The molecule has 0 aliphatic heterocycles. The van der Waals surface area contributed by atoms with Crippen molar-refractivity contribution >= 4 is 16.3 Å². The zero-order valence-electron chi connectivity index (χ0n) is 11.5. The second kappa shape index (κ2) is 5.17. The summed E-state index contributed by atoms with van der Waals surface area (Å²) in [5.74, 6) is 2.07. The molecule has 2 N–H and O–H groups in total. The molecular formula is C13H21N5S. The molecule has 1 aliphatic carbocycles. The normalized spacial score (nSPS) is 18.7. The molecule has 104 valence electrons. The molecule has 0 amide bonds. The summed E-state index contributed by atoms with van der Waals surface area (Å²) in [6.07, 6.45) is 5.87. The average Bonchev–Trinajstić information content (AvgIpc) is 3.02. The maximum absolute atomic E-state index is 6.12. The van der Waals surface area contributed by atoms with E-state index in [1.165, 1.54) is 25.7 Å². The Morgan fingerprint density at radius 1 is 1.32 bits per heavy atom. The van der Waals surface area contributed by atoms with E-state index in [4.69, 9.17) is 5.73 Å². The molecular weight excluding hydrogens is 258 g/mol. The number of aromatic nitrogens is 4. The fourth-order valence-corrected chi connectivity index (χ4v) is 3.54. The number of nitrogens with zero attached hydrogens (tertiary/aromatic N) is 4. The standard InChI is InChI=1S/C13H21N5S/c1-8(2)10(14)7-11-17-18-12(9-5-3-4-6-9)15-16-13(18)19-11/h8-10H,3-7,14H2,1-2H3. The van der Waals surface area contributed by atoms with Gasteiger partial charge in [0.2, 0.25) is 4.96 Å². The van der Waals surface area contributed by atoms with Crippen molar-refractivity contribution in [2.24, 2.45) is 11.7 Å². The smallest absolute Gasteiger partial charge is 0.234 e. The van der Waals surface area contributed by atoms with Crippen molar-refractivity contribution in [3.63, 3.8) is 0 Å². The van der Waals surface area contributed by atoms with Crippen LogP contribution in [0.5, 0.6) is 0 Å². The molecule has 1 fully saturated rings. The van der Waals surface area contributed by atoms with Crippen LogP contribution in [0.1, 0.15) is 56.3 Å². The lowest BCUT2D eigenvalue weighted by molar-refractivity contribution is 0.487. The summed E-state index contributed by atoms with van der Waals surface area (Å²) in [5, 5.41) is 14.3. The van der Waals surface area contributed by atoms with E-state index < -0.39 is 0 Å². The van der Waals surface area contributed by atoms with E-state index in [-0.39, 0.29) is 6.04 Å². The van der Waals surface area contributed by atoms with Gasteiger partial charge in [0, 0.05) is 18.4 Å². The Bertz CT molecular complexity index is 552. The van der Waals surface area contributed by atoms with E-state index in [2.05, 4.69) is 29.1 Å². The minimum absolute atomic E-state index is 0.166. The number of hydrogen-bond acceptors (Lipinski definition) is 5. The summed E-state index contributed by atoms with van der Waals surface area (Å²) in [6, 6.07) is 0.166. The predicted molar refractivity (Wildman–Crippen MR) is 76.4 cm³/mol. The van der Waals surface area contributed by atoms with Gasteiger partial charge in [-0.25, -0.2) is 0 Å². The summed E-state index contributed by atoms with van der Waals surface area (Å²) in [5.41, 5.74) is 6.12. The van der Waals surface area contributed by atoms with Gasteiger partial charge in [0.05, 0.1) is 0 Å². The predicted octanol–water partition coefficient (Wildman–Crippen LogP) is 2.37. The van der Waals surface area contributed by atoms with Gasteiger partial charge in [-0.05, 0) is 18.8 Å². The third kappa shape index (κ3) is 2.51. The van der Waals surface area contributed by atoms with Crippen LogP contribution in [0, 0.1) is 5.92 Å². The van der Waals surface area contributed by atoms with Crippen LogP contribution in [-0.4, -0.2) is 25.9 Å². The molecule has 3 rings (SSSR count). The topological polar surface area (TPSA) is 69.1 Å². The Kier molecular flexibility index (Phi) is 3.54. The van der Waals surface area contributed by atoms with Gasteiger partial charge in [-0.3, -0.25) is 0 Å². The van der Waals surface area contributed by atoms with Crippen LogP contribution in [0.4, 0.5) is 0 Å². The Labute approximate surface area is 117 Å². The van der Waals surface area contributed by atoms with Gasteiger partial charge in [-0.2, -0.15) is 9.61 Å². The number of hydrogen-bond donors (Lipinski definition) is 1. The molecule has 0 bridgehead atoms. The zero-order chi connectivity index (χ0) is 13.4. The molecule has 0 saturated heterocycles. The minimum Gasteiger partial charge on any atom is -0.327 e. The highest BCUT2D eigenvalue weighted by Gasteiger charge is 2.24. The van der Waals surface area contributed by atoms with E-state index in [1.54, 1.807) is 11.3 Å². The van der Waals surface area contributed by atoms with Crippen LogP contribution >= 0.6 is 11.3 Å². The first-order chi connectivity index (χ1) is 9.15. The monoisotopic (exact) mass is 279 g/mol. The van der Waals surface area contributed by atoms with Crippen LogP contribution in [0.15, 0.2) is 0 Å². The van der Waals surface area contributed by atoms with Crippen LogP contribution in [-0.2, 0) is 6.42 Å². The lowest BCUT2D eigenvalue weighted by atomic mass is 10.0. The van der Waals surface area contributed by atoms with E-state index >= 15 is 0 Å². The van der Waals surface area contributed by atoms with Crippen molar-refractivity contribution in [3.05, 3.63) is 10.8 Å². The van der Waals surface area contributed by atoms with Gasteiger partial charge < -0.3 is 5.73 Å². The summed E-state index contributed by atoms with van der Waals surface area (Å²) >= 11 is 1.62. The highest BCUT2D eigenvalue weighted by Crippen LogP contribution is 2.33. The van der Waals surface area contributed by atoms with Gasteiger partial charge in [0.25, 0.3) is 0 Å². The maximum Gasteiger partial charge on any atom is 0.234 e. The molecule has 19 heavy (non-hydrogen) atoms. The molecule has 1 atom stereocenters. The Hall–Kier alpha value is -1.01. The summed E-state index contributed by atoms with van der Waals surface area (Å²) in [4.78, 5) is 0.910. The lowest BCUT2D eigenvalue weighted by Crippen LogP contribution is -2.28. The summed E-state index contributed by atoms with van der Waals surface area (Å²) < 4.78 is 1.95. The largest absolute Gasteiger partial charge is 0.327 e. The Morgan fingerprint density at radius 3 is 2.74 bits per heavy atom. The van der Waals surface area contributed by atoms with Crippen LogP contribution < -0.4 is 5.73 Å². The average molecular weight is 279 g/mol. The maximum atomic E-state index is 6.12. The van der Waals surface area contributed by atoms with E-state index in [1.807, 2.05) is 4.52 Å². The Morgan fingerprint density at radius 2 is 2.05 bits per heavy atom. The van der Waals surface area contributed by atoms with Crippen LogP contribution in [0.2, 0.25) is 0 Å². The quantitative estimate of drug-likeness (QED) is 0.933. The van der Waals surface area contributed by atoms with Crippen LogP contribution in [0.3, 0.4) is 0 Å². The molecule has 2 aromatic heterocycles. The van der Waals surface area contributed by atoms with Crippen molar-refractivity contribution in [3.8, 4) is 0 Å². The molecule has 0 spiro atoms. The third-order valence-corrected chi connectivity index (χ3v) is 4.96. The number of fused-ring (bicyclic) bond motifs is 1. The summed E-state index contributed by atoms with van der Waals surface area (Å²) in [6.45, 7) is 4.30. The SMILES string of the molecule is CC(C)C(N)Cc1nn2c(C3CCCC3)nnc2s1. The highest BCUT2D eigenvalue weighted by atomic mass is 32.1. The molecule has 2 aromatic rings. The van der Waals surface area contributed by atoms with Crippen molar-refractivity contribution in [1.82, 2.24) is 19.8 Å². The molecule has 2 heterocycles. The lowest BCUT2D eigenvalue weighted by Gasteiger charge is -2.12. The van der Waals surface area contributed by atoms with Gasteiger partial charge in [0.15, 0.2) is 5.82 Å². The molecule has 1 aliphatic rings. The first-order valence-corrected chi connectivity index (χ1v) is 7.93. The molecule has 1 unspecified atom stereocenters. The molecule has 1 saturated carbocycles. The van der Waals surface area contributed by atoms with E-state index in [0.717, 1.165) is 22.2 Å². The van der Waals surface area contributed by atoms with E-state index in [9.17, 15) is 0 Å². The zero-order valence-corrected chi connectivity index (χ0v) is 12.4. The van der Waals surface area contributed by atoms with Crippen molar-refractivity contribution in [2.45, 2.75) is 57.9 Å². The third-order valence-electron chi connectivity index (χ3n) is 4.04. The fraction of sp³-hybridized carbons (Fsp3) is 0.769. The molecule has 0 radical (unpaired) electrons. The van der Waals surface area contributed by atoms with Crippen molar-refractivity contribution in [2.75, 3.05) is 0 Å². The first-order valence-electron chi connectivity index (χ1n) is 7.11. The fourth-order valence-electron chi connectivity index (χ4n) is 2.63. The van der Waals surface area contributed by atoms with Gasteiger partial charge >= 0.3 is 0 Å². The second-order valence-corrected chi connectivity index (χ2v) is 6.88. The number of nitrogens with two attached hydrogens (primary N) is 1. The van der Waals surface area contributed by atoms with Gasteiger partial charge in [-0.15, -0.1) is 10.2 Å². The minimum atomic E-state index is 0.166. The van der Waals surface area contributed by atoms with Crippen molar-refractivity contribution in [1.29, 1.82) is 0 Å². The van der Waals surface area contributed by atoms with Gasteiger partial charge in [-0.1, -0.05) is 38.0 Å². The van der Waals surface area contributed by atoms with Crippen molar-refractivity contribution < 1.29 is 0 Å². The molecule has 0 aromatic carbocycles.